The van der Waals surface area contributed by atoms with Gasteiger partial charge in [-0.1, -0.05) is 25.1 Å². The number of nitrogens with one attached hydrogen (secondary N) is 1. The number of unbranched alkanes of at least 4 members (excludes halogenated alkanes) is 1. The summed E-state index contributed by atoms with van der Waals surface area (Å²) in [6, 6.07) is 0.398. The fourth-order valence-electron chi connectivity index (χ4n) is 1.21. The highest BCUT2D eigenvalue weighted by molar-refractivity contribution is 7.99. The molecular weight excluding hydrogens is 248 g/mol. The zero-order valence-electron chi connectivity index (χ0n) is 11.6. The van der Waals surface area contributed by atoms with Crippen LogP contribution in [-0.2, 0) is 0 Å². The first-order chi connectivity index (χ1) is 8.65. The highest BCUT2D eigenvalue weighted by Gasteiger charge is 2.08. The van der Waals surface area contributed by atoms with E-state index in [0.29, 0.717) is 12.0 Å². The van der Waals surface area contributed by atoms with Crippen LogP contribution < -0.4 is 10.1 Å². The van der Waals surface area contributed by atoms with Crippen molar-refractivity contribution in [1.29, 1.82) is 0 Å². The molecule has 0 aliphatic heterocycles. The molecule has 0 unspecified atom stereocenters. The minimum Gasteiger partial charge on any atom is -0.461 e. The highest BCUT2D eigenvalue weighted by Crippen LogP contribution is 2.19. The van der Waals surface area contributed by atoms with E-state index in [1.165, 1.54) is 6.42 Å². The van der Waals surface area contributed by atoms with Crippen LogP contribution >= 0.6 is 11.8 Å². The van der Waals surface area contributed by atoms with Crippen LogP contribution in [0, 0.1) is 0 Å². The van der Waals surface area contributed by atoms with Crippen LogP contribution in [-0.4, -0.2) is 33.4 Å². The summed E-state index contributed by atoms with van der Waals surface area (Å²) in [5.74, 6) is 1.61. The van der Waals surface area contributed by atoms with Gasteiger partial charge in [-0.25, -0.2) is 0 Å². The molecule has 102 valence electrons. The van der Waals surface area contributed by atoms with E-state index in [2.05, 4.69) is 27.2 Å². The van der Waals surface area contributed by atoms with Crippen LogP contribution in [0.3, 0.4) is 0 Å². The molecule has 0 aliphatic rings. The lowest BCUT2D eigenvalue weighted by Gasteiger charge is -2.10. The predicted molar refractivity (Wildman–Crippen MR) is 75.4 cm³/mol. The third-order valence-electron chi connectivity index (χ3n) is 2.00. The van der Waals surface area contributed by atoms with Crippen molar-refractivity contribution in [2.75, 3.05) is 17.6 Å². The van der Waals surface area contributed by atoms with E-state index >= 15 is 0 Å². The zero-order valence-corrected chi connectivity index (χ0v) is 12.4. The van der Waals surface area contributed by atoms with Crippen molar-refractivity contribution in [3.63, 3.8) is 0 Å². The van der Waals surface area contributed by atoms with Gasteiger partial charge in [-0.3, -0.25) is 0 Å². The van der Waals surface area contributed by atoms with Crippen molar-refractivity contribution < 1.29 is 4.74 Å². The van der Waals surface area contributed by atoms with Crippen molar-refractivity contribution in [2.45, 2.75) is 51.8 Å². The quantitative estimate of drug-likeness (QED) is 0.579. The number of thioether (sulfide) groups is 1. The van der Waals surface area contributed by atoms with E-state index in [9.17, 15) is 0 Å². The summed E-state index contributed by atoms with van der Waals surface area (Å²) in [5.41, 5.74) is 0. The lowest BCUT2D eigenvalue weighted by Crippen LogP contribution is -2.12. The molecule has 0 aromatic carbocycles. The molecule has 0 radical (unpaired) electrons. The summed E-state index contributed by atoms with van der Waals surface area (Å²) in [7, 11) is 0. The SMILES string of the molecule is CCCCSc1nc(NCC)nc(OC(C)C)n1. The van der Waals surface area contributed by atoms with Gasteiger partial charge in [0.2, 0.25) is 5.95 Å². The molecule has 1 rings (SSSR count). The highest BCUT2D eigenvalue weighted by atomic mass is 32.2. The van der Waals surface area contributed by atoms with Gasteiger partial charge in [0.15, 0.2) is 5.16 Å². The fourth-order valence-corrected chi connectivity index (χ4v) is 2.12. The van der Waals surface area contributed by atoms with Gasteiger partial charge in [-0.2, -0.15) is 15.0 Å². The van der Waals surface area contributed by atoms with Crippen molar-refractivity contribution in [3.8, 4) is 6.01 Å². The number of hydrogen-bond acceptors (Lipinski definition) is 6. The molecule has 0 saturated carbocycles. The van der Waals surface area contributed by atoms with Crippen LogP contribution in [0.15, 0.2) is 5.16 Å². The molecule has 18 heavy (non-hydrogen) atoms. The van der Waals surface area contributed by atoms with E-state index in [1.807, 2.05) is 20.8 Å². The Hall–Kier alpha value is -1.04. The third-order valence-corrected chi connectivity index (χ3v) is 2.93. The number of ether oxygens (including phenoxy) is 1. The second-order valence-electron chi connectivity index (χ2n) is 4.12. The summed E-state index contributed by atoms with van der Waals surface area (Å²) in [6.07, 6.45) is 2.40. The number of hydrogen-bond donors (Lipinski definition) is 1. The molecule has 1 heterocycles. The molecule has 0 spiro atoms. The Balaban J connectivity index is 2.77. The maximum Gasteiger partial charge on any atom is 0.322 e. The number of rotatable bonds is 8. The Labute approximate surface area is 113 Å². The van der Waals surface area contributed by atoms with Gasteiger partial charge in [-0.15, -0.1) is 0 Å². The molecule has 0 atom stereocenters. The molecule has 1 aromatic rings. The van der Waals surface area contributed by atoms with E-state index in [0.717, 1.165) is 23.9 Å². The van der Waals surface area contributed by atoms with Gasteiger partial charge in [-0.05, 0) is 27.2 Å². The average Bonchev–Trinajstić information content (AvgIpc) is 2.28. The summed E-state index contributed by atoms with van der Waals surface area (Å²) in [6.45, 7) is 8.88. The molecule has 1 aromatic heterocycles. The van der Waals surface area contributed by atoms with Crippen LogP contribution in [0.2, 0.25) is 0 Å². The minimum absolute atomic E-state index is 0.0652. The maximum absolute atomic E-state index is 5.53. The van der Waals surface area contributed by atoms with Crippen LogP contribution in [0.5, 0.6) is 6.01 Å². The van der Waals surface area contributed by atoms with Gasteiger partial charge >= 0.3 is 6.01 Å². The summed E-state index contributed by atoms with van der Waals surface area (Å²) in [5, 5.41) is 3.82. The van der Waals surface area contributed by atoms with Gasteiger partial charge in [0.05, 0.1) is 6.10 Å². The van der Waals surface area contributed by atoms with E-state index < -0.39 is 0 Å². The zero-order chi connectivity index (χ0) is 13.4. The monoisotopic (exact) mass is 270 g/mol. The van der Waals surface area contributed by atoms with Crippen molar-refractivity contribution >= 4 is 17.7 Å². The molecule has 0 fully saturated rings. The summed E-state index contributed by atoms with van der Waals surface area (Å²) in [4.78, 5) is 12.9. The number of anilines is 1. The lowest BCUT2D eigenvalue weighted by atomic mass is 10.4. The largest absolute Gasteiger partial charge is 0.461 e. The van der Waals surface area contributed by atoms with Crippen molar-refractivity contribution in [3.05, 3.63) is 0 Å². The predicted octanol–water partition coefficient (Wildman–Crippen LogP) is 2.98. The third kappa shape index (κ3) is 5.53. The maximum atomic E-state index is 5.53. The molecule has 0 aliphatic carbocycles. The molecule has 1 N–H and O–H groups in total. The van der Waals surface area contributed by atoms with Gasteiger partial charge in [0.1, 0.15) is 0 Å². The van der Waals surface area contributed by atoms with Gasteiger partial charge < -0.3 is 10.1 Å². The second kappa shape index (κ2) is 8.13. The number of nitrogens with zero attached hydrogens (tertiary/aromatic N) is 3. The Kier molecular flexibility index (Phi) is 6.78. The van der Waals surface area contributed by atoms with E-state index in [1.54, 1.807) is 11.8 Å². The fraction of sp³-hybridized carbons (Fsp3) is 0.750. The molecule has 0 saturated heterocycles. The molecule has 6 heteroatoms. The Morgan fingerprint density at radius 3 is 2.61 bits per heavy atom. The van der Waals surface area contributed by atoms with E-state index in [4.69, 9.17) is 4.74 Å². The standard InChI is InChI=1S/C12H22N4OS/c1-5-7-8-18-12-15-10(13-6-2)14-11(16-12)17-9(3)4/h9H,5-8H2,1-4H3,(H,13,14,15,16). The molecule has 0 bridgehead atoms. The molecule has 5 nitrogen and oxygen atoms in total. The summed E-state index contributed by atoms with van der Waals surface area (Å²) >= 11 is 1.64. The minimum atomic E-state index is 0.0652. The first-order valence-corrected chi connectivity index (χ1v) is 7.43. The first-order valence-electron chi connectivity index (χ1n) is 6.45. The Morgan fingerprint density at radius 2 is 2.00 bits per heavy atom. The first kappa shape index (κ1) is 15.0. The van der Waals surface area contributed by atoms with Crippen LogP contribution in [0.4, 0.5) is 5.95 Å². The van der Waals surface area contributed by atoms with Crippen molar-refractivity contribution in [2.24, 2.45) is 0 Å². The Morgan fingerprint density at radius 1 is 1.22 bits per heavy atom. The number of aromatic nitrogens is 3. The van der Waals surface area contributed by atoms with E-state index in [-0.39, 0.29) is 6.10 Å². The molecule has 0 amide bonds. The van der Waals surface area contributed by atoms with Crippen LogP contribution in [0.1, 0.15) is 40.5 Å². The van der Waals surface area contributed by atoms with Gasteiger partial charge in [0.25, 0.3) is 0 Å². The second-order valence-corrected chi connectivity index (χ2v) is 5.19. The van der Waals surface area contributed by atoms with Crippen LogP contribution in [0.25, 0.3) is 0 Å². The summed E-state index contributed by atoms with van der Waals surface area (Å²) < 4.78 is 5.53. The average molecular weight is 270 g/mol. The smallest absolute Gasteiger partial charge is 0.322 e. The van der Waals surface area contributed by atoms with Gasteiger partial charge in [0, 0.05) is 12.3 Å². The Bertz CT molecular complexity index is 360. The molecular formula is C12H22N4OS. The van der Waals surface area contributed by atoms with Crippen molar-refractivity contribution in [1.82, 2.24) is 15.0 Å². The normalized spacial score (nSPS) is 10.7. The lowest BCUT2D eigenvalue weighted by molar-refractivity contribution is 0.219. The topological polar surface area (TPSA) is 59.9 Å².